The average molecular weight is 421 g/mol. The van der Waals surface area contributed by atoms with E-state index in [0.29, 0.717) is 6.07 Å². The molecular weight excluding hydrogens is 402 g/mol. The Morgan fingerprint density at radius 1 is 1.28 bits per heavy atom. The van der Waals surface area contributed by atoms with E-state index in [-0.39, 0.29) is 37.6 Å². The third-order valence-electron chi connectivity index (χ3n) is 3.91. The Kier molecular flexibility index (Phi) is 7.37. The average Bonchev–Trinajstić information content (AvgIpc) is 2.66. The molecular formula is C17H19F4N3O5. The Labute approximate surface area is 163 Å². The maximum Gasteiger partial charge on any atom is 0.427 e. The summed E-state index contributed by atoms with van der Waals surface area (Å²) in [5.74, 6) is -1.87. The number of halogens is 4. The number of hydrogen-bond acceptors (Lipinski definition) is 7. The zero-order valence-electron chi connectivity index (χ0n) is 15.6. The molecule has 160 valence electrons. The summed E-state index contributed by atoms with van der Waals surface area (Å²) >= 11 is 0. The number of morpholine rings is 1. The van der Waals surface area contributed by atoms with Gasteiger partial charge in [-0.25, -0.2) is 14.6 Å². The number of esters is 1. The maximum absolute atomic E-state index is 14.8. The van der Waals surface area contributed by atoms with Crippen molar-refractivity contribution in [3.8, 4) is 0 Å². The molecule has 1 N–H and O–H groups in total. The van der Waals surface area contributed by atoms with Gasteiger partial charge in [-0.15, -0.1) is 0 Å². The number of alkyl halides is 3. The predicted octanol–water partition coefficient (Wildman–Crippen LogP) is 2.30. The molecule has 1 aliphatic heterocycles. The van der Waals surface area contributed by atoms with Crippen LogP contribution in [0.5, 0.6) is 0 Å². The van der Waals surface area contributed by atoms with Crippen molar-refractivity contribution in [2.45, 2.75) is 13.1 Å². The number of carbonyl (C=O) groups excluding carboxylic acids is 2. The highest BCUT2D eigenvalue weighted by Crippen LogP contribution is 2.39. The smallest absolute Gasteiger partial charge is 0.427 e. The van der Waals surface area contributed by atoms with E-state index in [0.717, 1.165) is 20.1 Å². The molecule has 0 bridgehead atoms. The van der Waals surface area contributed by atoms with Crippen molar-refractivity contribution in [2.75, 3.05) is 44.9 Å². The minimum Gasteiger partial charge on any atom is -0.459 e. The Morgan fingerprint density at radius 2 is 1.93 bits per heavy atom. The van der Waals surface area contributed by atoms with Crippen molar-refractivity contribution in [3.05, 3.63) is 29.1 Å². The van der Waals surface area contributed by atoms with Crippen LogP contribution in [0.2, 0.25) is 0 Å². The summed E-state index contributed by atoms with van der Waals surface area (Å²) in [5.41, 5.74) is -0.522. The lowest BCUT2D eigenvalue weighted by Crippen LogP contribution is -2.38. The SMILES string of the molecule is COC(=O)N/N=C(\COC(C)=O)c1cc(F)c(N2CCOCC2)c(C(F)(F)F)c1. The number of ether oxygens (including phenoxy) is 3. The van der Waals surface area contributed by atoms with E-state index in [4.69, 9.17) is 9.47 Å². The molecule has 1 fully saturated rings. The summed E-state index contributed by atoms with van der Waals surface area (Å²) in [6.45, 7) is 1.01. The molecule has 0 atom stereocenters. The third-order valence-corrected chi connectivity index (χ3v) is 3.91. The van der Waals surface area contributed by atoms with Gasteiger partial charge >= 0.3 is 18.2 Å². The van der Waals surface area contributed by atoms with E-state index >= 15 is 0 Å². The normalized spacial score (nSPS) is 15.1. The highest BCUT2D eigenvalue weighted by atomic mass is 19.4. The summed E-state index contributed by atoms with van der Waals surface area (Å²) in [4.78, 5) is 23.5. The van der Waals surface area contributed by atoms with E-state index in [9.17, 15) is 27.2 Å². The van der Waals surface area contributed by atoms with Crippen molar-refractivity contribution >= 4 is 23.5 Å². The van der Waals surface area contributed by atoms with Crippen LogP contribution in [0.4, 0.5) is 28.0 Å². The fraction of sp³-hybridized carbons (Fsp3) is 0.471. The van der Waals surface area contributed by atoms with E-state index in [2.05, 4.69) is 9.84 Å². The first-order chi connectivity index (χ1) is 13.6. The Bertz CT molecular complexity index is 792. The lowest BCUT2D eigenvalue weighted by Gasteiger charge is -2.31. The lowest BCUT2D eigenvalue weighted by molar-refractivity contribution is -0.139. The number of carbonyl (C=O) groups is 2. The summed E-state index contributed by atoms with van der Waals surface area (Å²) in [7, 11) is 1.05. The van der Waals surface area contributed by atoms with Crippen molar-refractivity contribution in [1.82, 2.24) is 5.43 Å². The Morgan fingerprint density at radius 3 is 2.48 bits per heavy atom. The van der Waals surface area contributed by atoms with Gasteiger partial charge in [0.15, 0.2) is 0 Å². The first-order valence-electron chi connectivity index (χ1n) is 8.41. The van der Waals surface area contributed by atoms with Crippen LogP contribution in [0.3, 0.4) is 0 Å². The number of hydrogen-bond donors (Lipinski definition) is 1. The third kappa shape index (κ3) is 6.04. The van der Waals surface area contributed by atoms with E-state index in [1.807, 2.05) is 5.43 Å². The van der Waals surface area contributed by atoms with Gasteiger partial charge in [0, 0.05) is 25.6 Å². The predicted molar refractivity (Wildman–Crippen MR) is 93.1 cm³/mol. The second-order valence-corrected chi connectivity index (χ2v) is 5.89. The molecule has 1 heterocycles. The van der Waals surface area contributed by atoms with Crippen molar-refractivity contribution in [2.24, 2.45) is 5.10 Å². The molecule has 12 heteroatoms. The van der Waals surface area contributed by atoms with Gasteiger partial charge in [0.2, 0.25) is 0 Å². The van der Waals surface area contributed by atoms with Gasteiger partial charge in [-0.1, -0.05) is 0 Å². The second-order valence-electron chi connectivity index (χ2n) is 5.89. The number of methoxy groups -OCH3 is 1. The van der Waals surface area contributed by atoms with Gasteiger partial charge < -0.3 is 19.1 Å². The Balaban J connectivity index is 2.52. The van der Waals surface area contributed by atoms with Gasteiger partial charge in [-0.2, -0.15) is 18.3 Å². The topological polar surface area (TPSA) is 89.5 Å². The zero-order chi connectivity index (χ0) is 21.6. The fourth-order valence-electron chi connectivity index (χ4n) is 2.60. The molecule has 1 saturated heterocycles. The van der Waals surface area contributed by atoms with Crippen molar-refractivity contribution in [3.63, 3.8) is 0 Å². The highest BCUT2D eigenvalue weighted by molar-refractivity contribution is 6.03. The molecule has 1 aromatic carbocycles. The first-order valence-corrected chi connectivity index (χ1v) is 8.41. The van der Waals surface area contributed by atoms with Gasteiger partial charge in [0.1, 0.15) is 18.1 Å². The molecule has 1 aliphatic rings. The number of nitrogens with one attached hydrogen (secondary N) is 1. The van der Waals surface area contributed by atoms with Crippen molar-refractivity contribution in [1.29, 1.82) is 0 Å². The highest BCUT2D eigenvalue weighted by Gasteiger charge is 2.38. The molecule has 1 aromatic rings. The molecule has 1 amide bonds. The largest absolute Gasteiger partial charge is 0.459 e. The number of rotatable bonds is 5. The van der Waals surface area contributed by atoms with Gasteiger partial charge in [0.05, 0.1) is 31.6 Å². The number of anilines is 1. The Hall–Kier alpha value is -2.89. The molecule has 0 radical (unpaired) electrons. The van der Waals surface area contributed by atoms with Gasteiger partial charge in [0.25, 0.3) is 0 Å². The van der Waals surface area contributed by atoms with Crippen LogP contribution in [0.1, 0.15) is 18.1 Å². The van der Waals surface area contributed by atoms with Gasteiger partial charge in [-0.3, -0.25) is 4.79 Å². The molecule has 0 aromatic heterocycles. The van der Waals surface area contributed by atoms with E-state index < -0.39 is 41.9 Å². The number of benzene rings is 1. The lowest BCUT2D eigenvalue weighted by atomic mass is 10.0. The standard InChI is InChI=1S/C17H19F4N3O5/c1-10(25)29-9-14(22-23-16(26)27-2)11-7-12(17(19,20)21)15(13(18)8-11)24-3-5-28-6-4-24/h7-8H,3-6,9H2,1-2H3,(H,23,26)/b22-14+. The van der Waals surface area contributed by atoms with Crippen LogP contribution in [0, 0.1) is 5.82 Å². The summed E-state index contributed by atoms with van der Waals surface area (Å²) in [6.07, 6.45) is -5.88. The molecule has 2 rings (SSSR count). The monoisotopic (exact) mass is 421 g/mol. The summed E-state index contributed by atoms with van der Waals surface area (Å²) < 4.78 is 70.0. The van der Waals surface area contributed by atoms with Crippen molar-refractivity contribution < 1.29 is 41.4 Å². The molecule has 0 aliphatic carbocycles. The van der Waals surface area contributed by atoms with Crippen LogP contribution >= 0.6 is 0 Å². The summed E-state index contributed by atoms with van der Waals surface area (Å²) in [5, 5.41) is 3.59. The van der Waals surface area contributed by atoms with Gasteiger partial charge in [-0.05, 0) is 12.1 Å². The molecule has 8 nitrogen and oxygen atoms in total. The first kappa shape index (κ1) is 22.4. The quantitative estimate of drug-likeness (QED) is 0.340. The fourth-order valence-corrected chi connectivity index (χ4v) is 2.60. The minimum absolute atomic E-state index is 0.0949. The number of nitrogens with zero attached hydrogens (tertiary/aromatic N) is 2. The molecule has 29 heavy (non-hydrogen) atoms. The maximum atomic E-state index is 14.8. The molecule has 0 unspecified atom stereocenters. The van der Waals surface area contributed by atoms with Crippen LogP contribution in [0.25, 0.3) is 0 Å². The summed E-state index contributed by atoms with van der Waals surface area (Å²) in [6, 6.07) is 1.52. The van der Waals surface area contributed by atoms with Crippen LogP contribution < -0.4 is 10.3 Å². The van der Waals surface area contributed by atoms with Crippen LogP contribution in [-0.2, 0) is 25.2 Å². The second kappa shape index (κ2) is 9.54. The number of amides is 1. The van der Waals surface area contributed by atoms with E-state index in [1.165, 1.54) is 4.90 Å². The molecule has 0 saturated carbocycles. The zero-order valence-corrected chi connectivity index (χ0v) is 15.6. The minimum atomic E-state index is -4.87. The number of hydrazone groups is 1. The molecule has 0 spiro atoms. The van der Waals surface area contributed by atoms with Crippen LogP contribution in [-0.4, -0.2) is 57.8 Å². The van der Waals surface area contributed by atoms with Crippen LogP contribution in [0.15, 0.2) is 17.2 Å². The van der Waals surface area contributed by atoms with E-state index in [1.54, 1.807) is 0 Å².